The molecule has 0 unspecified atom stereocenters. The lowest BCUT2D eigenvalue weighted by molar-refractivity contribution is -0.137. The summed E-state index contributed by atoms with van der Waals surface area (Å²) >= 11 is 6.75. The number of aliphatic carboxylic acids is 1. The minimum atomic E-state index is -0.813. The lowest BCUT2D eigenvalue weighted by Gasteiger charge is -2.14. The van der Waals surface area contributed by atoms with Gasteiger partial charge in [-0.1, -0.05) is 17.7 Å². The van der Waals surface area contributed by atoms with E-state index >= 15 is 0 Å². The number of nitriles is 1. The first-order chi connectivity index (χ1) is 15.3. The van der Waals surface area contributed by atoms with Crippen LogP contribution in [-0.2, 0) is 17.9 Å². The molecule has 0 amide bonds. The molecule has 1 aromatic heterocycles. The van der Waals surface area contributed by atoms with Crippen molar-refractivity contribution in [3.05, 3.63) is 57.7 Å². The van der Waals surface area contributed by atoms with E-state index < -0.39 is 5.97 Å². The molecule has 4 rings (SSSR count). The SMILES string of the molecule is Cc1c(OCc2ccc(OC(C)C)c(C#N)c2)ccc2c1c(Cl)c1n2CC[C@H]1CC(=O)O. The second kappa shape index (κ2) is 8.76. The quantitative estimate of drug-likeness (QED) is 0.489. The first-order valence-corrected chi connectivity index (χ1v) is 11.0. The molecule has 6 nitrogen and oxygen atoms in total. The van der Waals surface area contributed by atoms with Gasteiger partial charge in [0.25, 0.3) is 0 Å². The maximum absolute atomic E-state index is 11.3. The molecule has 7 heteroatoms. The molecular formula is C25H25ClN2O4. The van der Waals surface area contributed by atoms with Crippen molar-refractivity contribution < 1.29 is 19.4 Å². The highest BCUT2D eigenvalue weighted by Crippen LogP contribution is 2.45. The van der Waals surface area contributed by atoms with Crippen molar-refractivity contribution in [1.29, 1.82) is 5.26 Å². The van der Waals surface area contributed by atoms with Crippen molar-refractivity contribution in [2.24, 2.45) is 0 Å². The smallest absolute Gasteiger partial charge is 0.304 e. The summed E-state index contributed by atoms with van der Waals surface area (Å²) in [6.45, 7) is 6.87. The van der Waals surface area contributed by atoms with Gasteiger partial charge in [0.15, 0.2) is 0 Å². The number of halogens is 1. The van der Waals surface area contributed by atoms with Crippen LogP contribution in [0.3, 0.4) is 0 Å². The monoisotopic (exact) mass is 452 g/mol. The summed E-state index contributed by atoms with van der Waals surface area (Å²) in [5.41, 5.74) is 4.17. The number of ether oxygens (including phenoxy) is 2. The highest BCUT2D eigenvalue weighted by atomic mass is 35.5. The number of aryl methyl sites for hydroxylation is 2. The molecule has 1 N–H and O–H groups in total. The third-order valence-electron chi connectivity index (χ3n) is 5.85. The second-order valence-corrected chi connectivity index (χ2v) is 8.79. The maximum atomic E-state index is 11.3. The number of nitrogens with zero attached hydrogens (tertiary/aromatic N) is 2. The molecule has 0 aliphatic carbocycles. The highest BCUT2D eigenvalue weighted by Gasteiger charge is 2.31. The van der Waals surface area contributed by atoms with Crippen molar-refractivity contribution in [3.8, 4) is 17.6 Å². The zero-order valence-corrected chi connectivity index (χ0v) is 19.1. The molecule has 1 atom stereocenters. The number of hydrogen-bond donors (Lipinski definition) is 1. The average molecular weight is 453 g/mol. The topological polar surface area (TPSA) is 84.5 Å². The standard InChI is InChI=1S/C25H25ClN2O4/c1-14(2)32-21-6-4-16(10-18(21)12-27)13-31-20-7-5-19-23(15(20)3)24(26)25-17(11-22(29)30)8-9-28(19)25/h4-7,10,14,17H,8-9,11,13H2,1-3H3,(H,29,30)/t17-/m0/s1. The van der Waals surface area contributed by atoms with E-state index in [9.17, 15) is 15.2 Å². The average Bonchev–Trinajstić information content (AvgIpc) is 3.27. The first kappa shape index (κ1) is 22.0. The minimum absolute atomic E-state index is 0.0116. The van der Waals surface area contributed by atoms with Gasteiger partial charge in [-0.05, 0) is 57.0 Å². The molecule has 0 radical (unpaired) electrons. The molecule has 0 bridgehead atoms. The fourth-order valence-corrected chi connectivity index (χ4v) is 4.95. The number of carboxylic acids is 1. The van der Waals surface area contributed by atoms with E-state index in [1.165, 1.54) is 0 Å². The van der Waals surface area contributed by atoms with E-state index in [-0.39, 0.29) is 18.4 Å². The van der Waals surface area contributed by atoms with Crippen molar-refractivity contribution in [3.63, 3.8) is 0 Å². The number of rotatable bonds is 7. The third kappa shape index (κ3) is 4.01. The van der Waals surface area contributed by atoms with Gasteiger partial charge in [-0.25, -0.2) is 0 Å². The Kier molecular flexibility index (Phi) is 6.03. The van der Waals surface area contributed by atoms with Crippen LogP contribution in [0.5, 0.6) is 11.5 Å². The number of carbonyl (C=O) groups is 1. The van der Waals surface area contributed by atoms with Crippen molar-refractivity contribution in [1.82, 2.24) is 4.57 Å². The van der Waals surface area contributed by atoms with Crippen molar-refractivity contribution >= 4 is 28.5 Å². The van der Waals surface area contributed by atoms with E-state index in [0.29, 0.717) is 28.7 Å². The molecule has 0 saturated carbocycles. The van der Waals surface area contributed by atoms with Crippen LogP contribution in [0.25, 0.3) is 10.9 Å². The van der Waals surface area contributed by atoms with Gasteiger partial charge in [-0.3, -0.25) is 4.79 Å². The normalized spacial score (nSPS) is 15.1. The van der Waals surface area contributed by atoms with E-state index in [2.05, 4.69) is 10.6 Å². The number of hydrogen-bond acceptors (Lipinski definition) is 4. The van der Waals surface area contributed by atoms with E-state index in [1.54, 1.807) is 12.1 Å². The summed E-state index contributed by atoms with van der Waals surface area (Å²) < 4.78 is 13.9. The van der Waals surface area contributed by atoms with Crippen LogP contribution in [0.2, 0.25) is 5.02 Å². The Morgan fingerprint density at radius 3 is 2.75 bits per heavy atom. The predicted octanol–water partition coefficient (Wildman–Crippen LogP) is 5.80. The van der Waals surface area contributed by atoms with Crippen LogP contribution in [-0.4, -0.2) is 21.7 Å². The van der Waals surface area contributed by atoms with Crippen molar-refractivity contribution in [2.75, 3.05) is 0 Å². The molecule has 2 aromatic carbocycles. The summed E-state index contributed by atoms with van der Waals surface area (Å²) in [5, 5.41) is 20.2. The molecule has 166 valence electrons. The molecular weight excluding hydrogens is 428 g/mol. The van der Waals surface area contributed by atoms with E-state index in [1.807, 2.05) is 39.0 Å². The van der Waals surface area contributed by atoms with Gasteiger partial charge in [0, 0.05) is 29.1 Å². The Labute approximate surface area is 191 Å². The maximum Gasteiger partial charge on any atom is 0.304 e. The highest BCUT2D eigenvalue weighted by molar-refractivity contribution is 6.37. The molecule has 0 fully saturated rings. The summed E-state index contributed by atoms with van der Waals surface area (Å²) in [4.78, 5) is 11.3. The van der Waals surface area contributed by atoms with E-state index in [4.69, 9.17) is 21.1 Å². The molecule has 1 aliphatic heterocycles. The Bertz CT molecular complexity index is 1240. The van der Waals surface area contributed by atoms with Crippen molar-refractivity contribution in [2.45, 2.75) is 58.8 Å². The van der Waals surface area contributed by atoms with Gasteiger partial charge < -0.3 is 19.1 Å². The summed E-state index contributed by atoms with van der Waals surface area (Å²) in [7, 11) is 0. The fraction of sp³-hybridized carbons (Fsp3) is 0.360. The number of carboxylic acid groups (broad SMARTS) is 1. The fourth-order valence-electron chi connectivity index (χ4n) is 4.46. The second-order valence-electron chi connectivity index (χ2n) is 8.41. The van der Waals surface area contributed by atoms with Crippen LogP contribution >= 0.6 is 11.6 Å². The lowest BCUT2D eigenvalue weighted by Crippen LogP contribution is -2.07. The van der Waals surface area contributed by atoms with Gasteiger partial charge in [0.2, 0.25) is 0 Å². The third-order valence-corrected chi connectivity index (χ3v) is 6.23. The summed E-state index contributed by atoms with van der Waals surface area (Å²) in [6, 6.07) is 11.6. The molecule has 32 heavy (non-hydrogen) atoms. The number of aromatic nitrogens is 1. The minimum Gasteiger partial charge on any atom is -0.490 e. The largest absolute Gasteiger partial charge is 0.490 e. The Hall–Kier alpha value is -3.17. The summed E-state index contributed by atoms with van der Waals surface area (Å²) in [5.74, 6) is 0.383. The Morgan fingerprint density at radius 2 is 2.06 bits per heavy atom. The lowest BCUT2D eigenvalue weighted by atomic mass is 9.99. The van der Waals surface area contributed by atoms with Gasteiger partial charge in [0.05, 0.1) is 28.6 Å². The summed E-state index contributed by atoms with van der Waals surface area (Å²) in [6.07, 6.45) is 0.852. The van der Waals surface area contributed by atoms with Crippen LogP contribution in [0, 0.1) is 18.3 Å². The van der Waals surface area contributed by atoms with Gasteiger partial charge in [0.1, 0.15) is 24.2 Å². The molecule has 0 spiro atoms. The van der Waals surface area contributed by atoms with Gasteiger partial charge in [-0.15, -0.1) is 0 Å². The van der Waals surface area contributed by atoms with E-state index in [0.717, 1.165) is 40.7 Å². The Morgan fingerprint density at radius 1 is 1.31 bits per heavy atom. The van der Waals surface area contributed by atoms with Crippen LogP contribution < -0.4 is 9.47 Å². The Balaban J connectivity index is 1.60. The first-order valence-electron chi connectivity index (χ1n) is 10.7. The molecule has 2 heterocycles. The molecule has 3 aromatic rings. The predicted molar refractivity (Wildman–Crippen MR) is 123 cm³/mol. The zero-order chi connectivity index (χ0) is 23.0. The number of benzene rings is 2. The van der Waals surface area contributed by atoms with Crippen LogP contribution in [0.4, 0.5) is 0 Å². The molecule has 1 aliphatic rings. The van der Waals surface area contributed by atoms with Gasteiger partial charge in [-0.2, -0.15) is 5.26 Å². The zero-order valence-electron chi connectivity index (χ0n) is 18.3. The van der Waals surface area contributed by atoms with Crippen LogP contribution in [0.15, 0.2) is 30.3 Å². The number of fused-ring (bicyclic) bond motifs is 3. The van der Waals surface area contributed by atoms with Crippen LogP contribution in [0.1, 0.15) is 55.0 Å². The van der Waals surface area contributed by atoms with Gasteiger partial charge >= 0.3 is 5.97 Å². The molecule has 0 saturated heterocycles.